The summed E-state index contributed by atoms with van der Waals surface area (Å²) >= 11 is 0. The number of benzene rings is 3. The molecule has 0 aromatic heterocycles. The molecule has 0 saturated carbocycles. The third-order valence-corrected chi connectivity index (χ3v) is 6.63. The molecule has 1 unspecified atom stereocenters. The molecule has 0 aliphatic heterocycles. The lowest BCUT2D eigenvalue weighted by Crippen LogP contribution is -2.29. The molecule has 1 N–H and O–H groups in total. The molecule has 172 valence electrons. The second kappa shape index (κ2) is 9.91. The van der Waals surface area contributed by atoms with E-state index in [9.17, 15) is 26.8 Å². The molecule has 0 bridgehead atoms. The monoisotopic (exact) mass is 472 g/mol. The van der Waals surface area contributed by atoms with Crippen LogP contribution in [0.15, 0.2) is 83.8 Å². The zero-order valence-electron chi connectivity index (χ0n) is 17.9. The molecular formula is C24H22F2N2O4S. The van der Waals surface area contributed by atoms with Gasteiger partial charge in [-0.15, -0.1) is 0 Å². The Morgan fingerprint density at radius 3 is 2.12 bits per heavy atom. The summed E-state index contributed by atoms with van der Waals surface area (Å²) < 4.78 is 48.5. The van der Waals surface area contributed by atoms with Crippen LogP contribution in [0.1, 0.15) is 39.2 Å². The molecule has 0 heterocycles. The lowest BCUT2D eigenvalue weighted by Gasteiger charge is -2.26. The number of carbonyl (C=O) groups is 2. The summed E-state index contributed by atoms with van der Waals surface area (Å²) in [6, 6.07) is 19.8. The fourth-order valence-electron chi connectivity index (χ4n) is 3.16. The zero-order chi connectivity index (χ0) is 24.2. The number of nitrogens with zero attached hydrogens (tertiary/aromatic N) is 1. The molecule has 0 fully saturated rings. The third-order valence-electron chi connectivity index (χ3n) is 5.23. The second-order valence-corrected chi connectivity index (χ2v) is 9.29. The maximum atomic E-state index is 12.9. The van der Waals surface area contributed by atoms with Crippen molar-refractivity contribution in [3.63, 3.8) is 0 Å². The quantitative estimate of drug-likeness (QED) is 0.537. The normalized spacial score (nSPS) is 12.3. The van der Waals surface area contributed by atoms with Crippen molar-refractivity contribution in [3.8, 4) is 0 Å². The Morgan fingerprint density at radius 2 is 1.52 bits per heavy atom. The largest absolute Gasteiger partial charge is 0.341 e. The average molecular weight is 473 g/mol. The number of sulfone groups is 1. The van der Waals surface area contributed by atoms with Crippen molar-refractivity contribution in [2.45, 2.75) is 23.6 Å². The summed E-state index contributed by atoms with van der Waals surface area (Å²) in [6.45, 7) is 1.80. The first-order valence-corrected chi connectivity index (χ1v) is 11.5. The molecule has 3 rings (SSSR count). The third kappa shape index (κ3) is 5.43. The molecular weight excluding hydrogens is 450 g/mol. The van der Waals surface area contributed by atoms with E-state index in [0.29, 0.717) is 11.3 Å². The summed E-state index contributed by atoms with van der Waals surface area (Å²) in [7, 11) is -3.15. The number of halogens is 2. The van der Waals surface area contributed by atoms with Crippen molar-refractivity contribution in [3.05, 3.63) is 95.6 Å². The van der Waals surface area contributed by atoms with Gasteiger partial charge < -0.3 is 10.2 Å². The maximum absolute atomic E-state index is 12.9. The van der Waals surface area contributed by atoms with E-state index >= 15 is 0 Å². The van der Waals surface area contributed by atoms with E-state index in [0.717, 1.165) is 17.7 Å². The Kier molecular flexibility index (Phi) is 7.23. The molecule has 0 spiro atoms. The Morgan fingerprint density at radius 1 is 0.879 bits per heavy atom. The number of amides is 2. The van der Waals surface area contributed by atoms with Gasteiger partial charge in [-0.3, -0.25) is 9.59 Å². The number of carbonyl (C=O) groups excluding carboxylic acids is 2. The highest BCUT2D eigenvalue weighted by molar-refractivity contribution is 7.91. The Hall–Kier alpha value is -3.59. The lowest BCUT2D eigenvalue weighted by atomic mass is 10.1. The Bertz CT molecular complexity index is 1250. The number of nitrogens with one attached hydrogen (secondary N) is 1. The van der Waals surface area contributed by atoms with Crippen LogP contribution in [0.5, 0.6) is 0 Å². The highest BCUT2D eigenvalue weighted by atomic mass is 32.2. The van der Waals surface area contributed by atoms with Crippen molar-refractivity contribution < 1.29 is 26.8 Å². The van der Waals surface area contributed by atoms with Crippen LogP contribution in [-0.2, 0) is 9.84 Å². The van der Waals surface area contributed by atoms with Gasteiger partial charge in [0.25, 0.3) is 11.8 Å². The lowest BCUT2D eigenvalue weighted by molar-refractivity contribution is 0.0742. The molecule has 0 radical (unpaired) electrons. The van der Waals surface area contributed by atoms with Crippen molar-refractivity contribution in [2.24, 2.45) is 0 Å². The van der Waals surface area contributed by atoms with Crippen LogP contribution in [0, 0.1) is 0 Å². The SMILES string of the molecule is CC(c1cccc(NC(=O)c2ccccc2)c1)N(C)C(=O)c1ccc(S(=O)(=O)C(F)F)cc1. The number of alkyl halides is 2. The van der Waals surface area contributed by atoms with Gasteiger partial charge in [-0.25, -0.2) is 8.42 Å². The van der Waals surface area contributed by atoms with Gasteiger partial charge in [0, 0.05) is 23.9 Å². The summed E-state index contributed by atoms with van der Waals surface area (Å²) in [4.78, 5) is 26.1. The minimum absolute atomic E-state index is 0.158. The van der Waals surface area contributed by atoms with E-state index in [-0.39, 0.29) is 11.5 Å². The zero-order valence-corrected chi connectivity index (χ0v) is 18.7. The summed E-state index contributed by atoms with van der Waals surface area (Å²) in [5.41, 5.74) is 2.00. The van der Waals surface area contributed by atoms with Gasteiger partial charge in [-0.05, 0) is 61.0 Å². The highest BCUT2D eigenvalue weighted by Crippen LogP contribution is 2.25. The first-order chi connectivity index (χ1) is 15.6. The predicted molar refractivity (Wildman–Crippen MR) is 121 cm³/mol. The highest BCUT2D eigenvalue weighted by Gasteiger charge is 2.27. The van der Waals surface area contributed by atoms with Gasteiger partial charge >= 0.3 is 5.76 Å². The first kappa shape index (κ1) is 24.1. The standard InChI is InChI=1S/C24H22F2N2O4S/c1-16(19-9-6-10-20(15-19)27-22(29)17-7-4-3-5-8-17)28(2)23(30)18-11-13-21(14-12-18)33(31,32)24(25)26/h3-16,24H,1-2H3,(H,27,29). The van der Waals surface area contributed by atoms with Crippen LogP contribution in [0.25, 0.3) is 0 Å². The number of rotatable bonds is 7. The summed E-state index contributed by atoms with van der Waals surface area (Å²) in [5.74, 6) is -4.21. The molecule has 0 aliphatic carbocycles. The molecule has 3 aromatic rings. The molecule has 0 aliphatic rings. The first-order valence-electron chi connectivity index (χ1n) is 9.97. The van der Waals surface area contributed by atoms with Gasteiger partial charge in [0.1, 0.15) is 0 Å². The van der Waals surface area contributed by atoms with Gasteiger partial charge in [0.2, 0.25) is 9.84 Å². The van der Waals surface area contributed by atoms with Gasteiger partial charge in [-0.1, -0.05) is 30.3 Å². The summed E-state index contributed by atoms with van der Waals surface area (Å²) in [5, 5.41) is 2.82. The smallest absolute Gasteiger partial charge is 0.335 e. The Balaban J connectivity index is 1.74. The predicted octanol–water partition coefficient (Wildman–Crippen LogP) is 4.77. The van der Waals surface area contributed by atoms with Crippen LogP contribution in [-0.4, -0.2) is 37.9 Å². The van der Waals surface area contributed by atoms with Gasteiger partial charge in [0.05, 0.1) is 10.9 Å². The minimum atomic E-state index is -4.73. The van der Waals surface area contributed by atoms with E-state index < -0.39 is 32.4 Å². The molecule has 33 heavy (non-hydrogen) atoms. The van der Waals surface area contributed by atoms with E-state index in [4.69, 9.17) is 0 Å². The van der Waals surface area contributed by atoms with Crippen molar-refractivity contribution in [1.29, 1.82) is 0 Å². The molecule has 9 heteroatoms. The fourth-order valence-corrected chi connectivity index (χ4v) is 3.88. The molecule has 6 nitrogen and oxygen atoms in total. The number of hydrogen-bond donors (Lipinski definition) is 1. The van der Waals surface area contributed by atoms with Crippen molar-refractivity contribution in [2.75, 3.05) is 12.4 Å². The van der Waals surface area contributed by atoms with E-state index in [1.54, 1.807) is 56.4 Å². The van der Waals surface area contributed by atoms with Gasteiger partial charge in [-0.2, -0.15) is 8.78 Å². The molecule has 0 saturated heterocycles. The molecule has 3 aromatic carbocycles. The van der Waals surface area contributed by atoms with Gasteiger partial charge in [0.15, 0.2) is 0 Å². The van der Waals surface area contributed by atoms with Crippen LogP contribution in [0.4, 0.5) is 14.5 Å². The van der Waals surface area contributed by atoms with E-state index in [1.807, 2.05) is 12.1 Å². The second-order valence-electron chi connectivity index (χ2n) is 7.37. The van der Waals surface area contributed by atoms with Crippen molar-refractivity contribution in [1.82, 2.24) is 4.90 Å². The minimum Gasteiger partial charge on any atom is -0.335 e. The van der Waals surface area contributed by atoms with E-state index in [2.05, 4.69) is 5.32 Å². The Labute approximate surface area is 190 Å². The molecule has 2 amide bonds. The number of anilines is 1. The maximum Gasteiger partial charge on any atom is 0.341 e. The average Bonchev–Trinajstić information content (AvgIpc) is 2.83. The van der Waals surface area contributed by atoms with E-state index in [1.165, 1.54) is 17.0 Å². The number of hydrogen-bond acceptors (Lipinski definition) is 4. The van der Waals surface area contributed by atoms with Crippen LogP contribution in [0.3, 0.4) is 0 Å². The van der Waals surface area contributed by atoms with Crippen molar-refractivity contribution >= 4 is 27.3 Å². The topological polar surface area (TPSA) is 83.6 Å². The van der Waals surface area contributed by atoms with Crippen LogP contribution >= 0.6 is 0 Å². The fraction of sp³-hybridized carbons (Fsp3) is 0.167. The van der Waals surface area contributed by atoms with Crippen LogP contribution < -0.4 is 5.32 Å². The summed E-state index contributed by atoms with van der Waals surface area (Å²) in [6.07, 6.45) is 0. The van der Waals surface area contributed by atoms with Crippen LogP contribution in [0.2, 0.25) is 0 Å². The molecule has 1 atom stereocenters.